The number of ether oxygens (including phenoxy) is 1. The summed E-state index contributed by atoms with van der Waals surface area (Å²) >= 11 is 0. The summed E-state index contributed by atoms with van der Waals surface area (Å²) < 4.78 is 5.63. The van der Waals surface area contributed by atoms with E-state index in [4.69, 9.17) is 4.74 Å². The lowest BCUT2D eigenvalue weighted by atomic mass is 9.99. The van der Waals surface area contributed by atoms with Gasteiger partial charge in [-0.15, -0.1) is 0 Å². The van der Waals surface area contributed by atoms with Gasteiger partial charge in [-0.2, -0.15) is 0 Å². The highest BCUT2D eigenvalue weighted by Crippen LogP contribution is 2.36. The molecule has 0 unspecified atom stereocenters. The Labute approximate surface area is 230 Å². The summed E-state index contributed by atoms with van der Waals surface area (Å²) in [5.41, 5.74) is -1.53. The average Bonchev–Trinajstić information content (AvgIpc) is 3.25. The van der Waals surface area contributed by atoms with Crippen LogP contribution in [0.15, 0.2) is 97.1 Å². The van der Waals surface area contributed by atoms with E-state index in [9.17, 15) is 39.4 Å². The van der Waals surface area contributed by atoms with Crippen molar-refractivity contribution in [2.75, 3.05) is 4.90 Å². The standard InChI is InChI=1S/C29H17N3O9/c33-25(17-7-2-1-3-8-17)26(18-13-15-19(16-14-18)31(37)38)41-29(36)20-9-4-5-11-22(20)30-27(34)21-10-6-12-23(32(39)40)24(21)28(30)35/h1-16,26H/t26-/m0/s1. The zero-order valence-electron chi connectivity index (χ0n) is 20.8. The van der Waals surface area contributed by atoms with Gasteiger partial charge < -0.3 is 4.74 Å². The normalized spacial score (nSPS) is 12.9. The molecule has 0 bridgehead atoms. The first-order valence-electron chi connectivity index (χ1n) is 12.0. The molecule has 0 spiro atoms. The van der Waals surface area contributed by atoms with Crippen LogP contribution in [0.4, 0.5) is 17.1 Å². The predicted molar refractivity (Wildman–Crippen MR) is 143 cm³/mol. The number of ketones is 1. The summed E-state index contributed by atoms with van der Waals surface area (Å²) in [4.78, 5) is 75.3. The zero-order chi connectivity index (χ0) is 29.3. The van der Waals surface area contributed by atoms with E-state index in [1.807, 2.05) is 0 Å². The van der Waals surface area contributed by atoms with Crippen LogP contribution in [-0.2, 0) is 4.74 Å². The van der Waals surface area contributed by atoms with E-state index in [2.05, 4.69) is 0 Å². The molecule has 0 aromatic heterocycles. The number of carbonyl (C=O) groups is 4. The largest absolute Gasteiger partial charge is 0.445 e. The molecule has 12 nitrogen and oxygen atoms in total. The Bertz CT molecular complexity index is 1750. The number of benzene rings is 4. The molecule has 0 aliphatic carbocycles. The third-order valence-electron chi connectivity index (χ3n) is 6.38. The number of Topliss-reactive ketones (excluding diaryl/α,β-unsaturated/α-hetero) is 1. The van der Waals surface area contributed by atoms with Crippen molar-refractivity contribution in [1.29, 1.82) is 0 Å². The lowest BCUT2D eigenvalue weighted by Crippen LogP contribution is -2.31. The number of nitrogens with zero attached hydrogens (tertiary/aromatic N) is 3. The van der Waals surface area contributed by atoms with Crippen molar-refractivity contribution < 1.29 is 33.8 Å². The number of rotatable bonds is 8. The van der Waals surface area contributed by atoms with Crippen LogP contribution >= 0.6 is 0 Å². The summed E-state index contributed by atoms with van der Waals surface area (Å²) in [6.07, 6.45) is -1.54. The molecule has 202 valence electrons. The number of nitro benzene ring substituents is 2. The van der Waals surface area contributed by atoms with Gasteiger partial charge in [0.05, 0.1) is 26.7 Å². The molecular formula is C29H17N3O9. The molecule has 0 saturated carbocycles. The van der Waals surface area contributed by atoms with Gasteiger partial charge >= 0.3 is 5.97 Å². The Kier molecular flexibility index (Phi) is 6.88. The maximum atomic E-state index is 13.5. The Hall–Kier alpha value is -6.04. The molecule has 12 heteroatoms. The molecule has 4 aromatic carbocycles. The summed E-state index contributed by atoms with van der Waals surface area (Å²) in [5, 5.41) is 22.6. The van der Waals surface area contributed by atoms with Gasteiger partial charge in [-0.05, 0) is 30.3 Å². The second-order valence-corrected chi connectivity index (χ2v) is 8.78. The first-order valence-corrected chi connectivity index (χ1v) is 12.0. The van der Waals surface area contributed by atoms with E-state index in [1.54, 1.807) is 18.2 Å². The number of non-ortho nitro benzene ring substituents is 1. The molecule has 41 heavy (non-hydrogen) atoms. The molecule has 4 aromatic rings. The minimum Gasteiger partial charge on any atom is -0.445 e. The maximum absolute atomic E-state index is 13.5. The lowest BCUT2D eigenvalue weighted by molar-refractivity contribution is -0.385. The predicted octanol–water partition coefficient (Wildman–Crippen LogP) is 5.08. The molecule has 1 heterocycles. The van der Waals surface area contributed by atoms with Crippen molar-refractivity contribution >= 4 is 40.6 Å². The Morgan fingerprint density at radius 1 is 0.732 bits per heavy atom. The summed E-state index contributed by atoms with van der Waals surface area (Å²) in [6.45, 7) is 0. The fourth-order valence-corrected chi connectivity index (χ4v) is 4.45. The highest BCUT2D eigenvalue weighted by molar-refractivity contribution is 6.36. The molecule has 0 N–H and O–H groups in total. The third kappa shape index (κ3) is 4.81. The SMILES string of the molecule is O=C(O[C@H](C(=O)c1ccccc1)c1ccc([N+](=O)[O-])cc1)c1ccccc1N1C(=O)c2cccc([N+](=O)[O-])c2C1=O. The second kappa shape index (κ2) is 10.6. The highest BCUT2D eigenvalue weighted by Gasteiger charge is 2.43. The number of hydrogen-bond acceptors (Lipinski definition) is 9. The van der Waals surface area contributed by atoms with Crippen LogP contribution in [0.5, 0.6) is 0 Å². The highest BCUT2D eigenvalue weighted by atomic mass is 16.6. The number of imide groups is 1. The van der Waals surface area contributed by atoms with Crippen LogP contribution in [0.1, 0.15) is 53.1 Å². The smallest absolute Gasteiger partial charge is 0.341 e. The monoisotopic (exact) mass is 551 g/mol. The van der Waals surface area contributed by atoms with Crippen molar-refractivity contribution in [3.05, 3.63) is 145 Å². The van der Waals surface area contributed by atoms with Crippen molar-refractivity contribution in [1.82, 2.24) is 0 Å². The number of fused-ring (bicyclic) bond motifs is 1. The molecule has 0 fully saturated rings. The summed E-state index contributed by atoms with van der Waals surface area (Å²) in [6, 6.07) is 21.9. The van der Waals surface area contributed by atoms with E-state index in [-0.39, 0.29) is 33.6 Å². The first-order chi connectivity index (χ1) is 19.7. The molecule has 1 aliphatic rings. The minimum absolute atomic E-state index is 0.145. The summed E-state index contributed by atoms with van der Waals surface area (Å²) in [7, 11) is 0. The van der Waals surface area contributed by atoms with Gasteiger partial charge in [0, 0.05) is 29.3 Å². The molecule has 1 atom stereocenters. The first kappa shape index (κ1) is 26.6. The maximum Gasteiger partial charge on any atom is 0.341 e. The van der Waals surface area contributed by atoms with Crippen LogP contribution < -0.4 is 4.90 Å². The molecule has 2 amide bonds. The number of carbonyl (C=O) groups excluding carboxylic acids is 4. The lowest BCUT2D eigenvalue weighted by Gasteiger charge is -2.21. The molecule has 5 rings (SSSR count). The van der Waals surface area contributed by atoms with Crippen molar-refractivity contribution in [3.63, 3.8) is 0 Å². The van der Waals surface area contributed by atoms with E-state index in [1.165, 1.54) is 60.7 Å². The van der Waals surface area contributed by atoms with Gasteiger partial charge in [-0.1, -0.05) is 48.5 Å². The van der Waals surface area contributed by atoms with Gasteiger partial charge in [0.1, 0.15) is 5.56 Å². The van der Waals surface area contributed by atoms with Crippen LogP contribution in [0.3, 0.4) is 0 Å². The number of anilines is 1. The van der Waals surface area contributed by atoms with Crippen LogP contribution in [0.2, 0.25) is 0 Å². The molecular weight excluding hydrogens is 534 g/mol. The van der Waals surface area contributed by atoms with Crippen molar-refractivity contribution in [2.24, 2.45) is 0 Å². The van der Waals surface area contributed by atoms with E-state index < -0.39 is 50.8 Å². The Morgan fingerprint density at radius 3 is 2.05 bits per heavy atom. The van der Waals surface area contributed by atoms with Crippen LogP contribution in [0.25, 0.3) is 0 Å². The van der Waals surface area contributed by atoms with Gasteiger partial charge in [-0.3, -0.25) is 34.6 Å². The molecule has 1 aliphatic heterocycles. The summed E-state index contributed by atoms with van der Waals surface area (Å²) in [5.74, 6) is -3.58. The van der Waals surface area contributed by atoms with E-state index in [0.717, 1.165) is 18.2 Å². The van der Waals surface area contributed by atoms with Gasteiger partial charge in [0.15, 0.2) is 6.10 Å². The molecule has 0 saturated heterocycles. The van der Waals surface area contributed by atoms with Gasteiger partial charge in [0.2, 0.25) is 5.78 Å². The minimum atomic E-state index is -1.54. The number of hydrogen-bond donors (Lipinski definition) is 0. The average molecular weight is 551 g/mol. The van der Waals surface area contributed by atoms with E-state index in [0.29, 0.717) is 4.90 Å². The number of amides is 2. The van der Waals surface area contributed by atoms with Gasteiger partial charge in [-0.25, -0.2) is 9.69 Å². The quantitative estimate of drug-likeness (QED) is 0.0953. The van der Waals surface area contributed by atoms with Crippen LogP contribution in [0, 0.1) is 20.2 Å². The fourth-order valence-electron chi connectivity index (χ4n) is 4.45. The zero-order valence-corrected chi connectivity index (χ0v) is 20.8. The van der Waals surface area contributed by atoms with Crippen LogP contribution in [-0.4, -0.2) is 33.4 Å². The number of esters is 1. The van der Waals surface area contributed by atoms with Gasteiger partial charge in [0.25, 0.3) is 23.2 Å². The Balaban J connectivity index is 1.53. The van der Waals surface area contributed by atoms with E-state index >= 15 is 0 Å². The number of nitro groups is 2. The van der Waals surface area contributed by atoms with Crippen molar-refractivity contribution in [2.45, 2.75) is 6.10 Å². The fraction of sp³-hybridized carbons (Fsp3) is 0.0345. The topological polar surface area (TPSA) is 167 Å². The second-order valence-electron chi connectivity index (χ2n) is 8.78. The molecule has 0 radical (unpaired) electrons. The number of para-hydroxylation sites is 1. The third-order valence-corrected chi connectivity index (χ3v) is 6.38. The Morgan fingerprint density at radius 2 is 1.39 bits per heavy atom. The van der Waals surface area contributed by atoms with Crippen molar-refractivity contribution in [3.8, 4) is 0 Å².